The first kappa shape index (κ1) is 16.8. The maximum Gasteiger partial charge on any atom is 0.338 e. The number of hydrogen-bond donors (Lipinski definition) is 0. The van der Waals surface area contributed by atoms with Gasteiger partial charge in [0.2, 0.25) is 0 Å². The Balaban J connectivity index is 2.69. The van der Waals surface area contributed by atoms with E-state index in [-0.39, 0.29) is 12.4 Å². The topological polar surface area (TPSA) is 84.9 Å². The molecule has 0 aliphatic carbocycles. The summed E-state index contributed by atoms with van der Waals surface area (Å²) in [5.74, 6) is -7.55. The first-order valence-corrected chi connectivity index (χ1v) is 5.81. The summed E-state index contributed by atoms with van der Waals surface area (Å²) in [4.78, 5) is 21.9. The van der Waals surface area contributed by atoms with Crippen molar-refractivity contribution in [3.05, 3.63) is 29.8 Å². The van der Waals surface area contributed by atoms with Gasteiger partial charge in [-0.3, -0.25) is 0 Å². The number of methoxy groups -OCH3 is 1. The zero-order valence-electron chi connectivity index (χ0n) is 11.3. The van der Waals surface area contributed by atoms with Crippen LogP contribution < -0.4 is 9.84 Å². The minimum Gasteiger partial charge on any atom is -0.544 e. The van der Waals surface area contributed by atoms with E-state index >= 15 is 0 Å². The van der Waals surface area contributed by atoms with Gasteiger partial charge in [0.15, 0.2) is 12.9 Å². The Morgan fingerprint density at radius 3 is 2.33 bits per heavy atom. The van der Waals surface area contributed by atoms with E-state index < -0.39 is 24.0 Å². The highest BCUT2D eigenvalue weighted by Crippen LogP contribution is 2.22. The van der Waals surface area contributed by atoms with Crippen LogP contribution in [0.1, 0.15) is 17.3 Å². The fraction of sp³-hybridized carbons (Fsp3) is 0.385. The molecule has 0 aromatic heterocycles. The van der Waals surface area contributed by atoms with E-state index in [1.807, 2.05) is 0 Å². The second-order valence-electron chi connectivity index (χ2n) is 4.03. The molecule has 8 heteroatoms. The Kier molecular flexibility index (Phi) is 5.60. The summed E-state index contributed by atoms with van der Waals surface area (Å²) in [7, 11) is 1.44. The van der Waals surface area contributed by atoms with Crippen LogP contribution in [-0.4, -0.2) is 37.9 Å². The van der Waals surface area contributed by atoms with Crippen molar-refractivity contribution in [1.29, 1.82) is 0 Å². The van der Waals surface area contributed by atoms with Crippen LogP contribution in [0.3, 0.4) is 0 Å². The van der Waals surface area contributed by atoms with Gasteiger partial charge in [-0.15, -0.1) is 0 Å². The molecule has 0 aliphatic heterocycles. The molecule has 6 nitrogen and oxygen atoms in total. The van der Waals surface area contributed by atoms with Crippen molar-refractivity contribution in [3.8, 4) is 5.75 Å². The SMILES string of the molecule is COCOc1ccc(C(=O)OC(C)C(F)(F)C(=O)[O-])cc1. The van der Waals surface area contributed by atoms with Crippen molar-refractivity contribution in [2.45, 2.75) is 19.0 Å². The third-order valence-electron chi connectivity index (χ3n) is 2.50. The highest BCUT2D eigenvalue weighted by atomic mass is 19.3. The molecule has 0 heterocycles. The van der Waals surface area contributed by atoms with Crippen molar-refractivity contribution < 1.29 is 37.7 Å². The molecule has 0 radical (unpaired) electrons. The van der Waals surface area contributed by atoms with Crippen LogP contribution in [-0.2, 0) is 14.3 Å². The van der Waals surface area contributed by atoms with Crippen LogP contribution in [0, 0.1) is 0 Å². The molecular formula is C13H13F2O6-. The lowest BCUT2D eigenvalue weighted by atomic mass is 10.2. The smallest absolute Gasteiger partial charge is 0.338 e. The van der Waals surface area contributed by atoms with Gasteiger partial charge in [0.25, 0.3) is 0 Å². The molecular weight excluding hydrogens is 290 g/mol. The summed E-state index contributed by atoms with van der Waals surface area (Å²) in [6.07, 6.45) is -2.15. The lowest BCUT2D eigenvalue weighted by molar-refractivity contribution is -0.335. The number of alkyl halides is 2. The number of halogens is 2. The van der Waals surface area contributed by atoms with Crippen molar-refractivity contribution in [1.82, 2.24) is 0 Å². The molecule has 1 unspecified atom stereocenters. The third kappa shape index (κ3) is 4.38. The van der Waals surface area contributed by atoms with Gasteiger partial charge < -0.3 is 24.1 Å². The number of carbonyl (C=O) groups is 2. The number of benzene rings is 1. The quantitative estimate of drug-likeness (QED) is 0.542. The normalized spacial score (nSPS) is 12.6. The van der Waals surface area contributed by atoms with Gasteiger partial charge in [-0.2, -0.15) is 8.78 Å². The molecule has 116 valence electrons. The molecule has 1 atom stereocenters. The third-order valence-corrected chi connectivity index (χ3v) is 2.50. The number of carboxylic acid groups (broad SMARTS) is 1. The second kappa shape index (κ2) is 6.98. The average molecular weight is 303 g/mol. The maximum absolute atomic E-state index is 13.0. The van der Waals surface area contributed by atoms with Crippen LogP contribution >= 0.6 is 0 Å². The summed E-state index contributed by atoms with van der Waals surface area (Å²) in [6, 6.07) is 5.41. The number of carboxylic acids is 1. The molecule has 21 heavy (non-hydrogen) atoms. The standard InChI is InChI=1S/C13H14F2O6/c1-8(13(14,15)12(17)18)21-11(16)9-3-5-10(6-4-9)20-7-19-2/h3-6,8H,7H2,1-2H3,(H,17,18)/p-1. The maximum atomic E-state index is 13.0. The zero-order chi connectivity index (χ0) is 16.0. The number of ether oxygens (including phenoxy) is 3. The Bertz CT molecular complexity index is 500. The van der Waals surface area contributed by atoms with Crippen molar-refractivity contribution >= 4 is 11.9 Å². The first-order valence-electron chi connectivity index (χ1n) is 5.81. The molecule has 1 rings (SSSR count). The summed E-state index contributed by atoms with van der Waals surface area (Å²) >= 11 is 0. The number of rotatable bonds is 7. The largest absolute Gasteiger partial charge is 0.544 e. The van der Waals surface area contributed by atoms with Crippen LogP contribution in [0.25, 0.3) is 0 Å². The van der Waals surface area contributed by atoms with Gasteiger partial charge in [-0.1, -0.05) is 0 Å². The molecule has 0 N–H and O–H groups in total. The van der Waals surface area contributed by atoms with E-state index in [4.69, 9.17) is 4.74 Å². The monoisotopic (exact) mass is 303 g/mol. The molecule has 1 aromatic rings. The molecule has 0 aliphatic rings. The van der Waals surface area contributed by atoms with E-state index in [2.05, 4.69) is 9.47 Å². The zero-order valence-corrected chi connectivity index (χ0v) is 11.3. The fourth-order valence-corrected chi connectivity index (χ4v) is 1.28. The average Bonchev–Trinajstić information content (AvgIpc) is 2.45. The van der Waals surface area contributed by atoms with Crippen LogP contribution in [0.5, 0.6) is 5.75 Å². The van der Waals surface area contributed by atoms with Crippen molar-refractivity contribution in [3.63, 3.8) is 0 Å². The summed E-state index contributed by atoms with van der Waals surface area (Å²) < 4.78 is 40.3. The van der Waals surface area contributed by atoms with Crippen molar-refractivity contribution in [2.75, 3.05) is 13.9 Å². The Labute approximate surface area is 119 Å². The second-order valence-corrected chi connectivity index (χ2v) is 4.03. The molecule has 0 saturated carbocycles. The molecule has 0 fully saturated rings. The Hall–Kier alpha value is -2.22. The lowest BCUT2D eigenvalue weighted by Crippen LogP contribution is -2.50. The Morgan fingerprint density at radius 2 is 1.86 bits per heavy atom. The Morgan fingerprint density at radius 1 is 1.29 bits per heavy atom. The first-order chi connectivity index (χ1) is 9.78. The molecule has 1 aromatic carbocycles. The number of esters is 1. The van der Waals surface area contributed by atoms with Gasteiger partial charge in [0, 0.05) is 7.11 Å². The highest BCUT2D eigenvalue weighted by molar-refractivity contribution is 5.90. The van der Waals surface area contributed by atoms with Gasteiger partial charge in [-0.25, -0.2) is 4.79 Å². The van der Waals surface area contributed by atoms with Crippen LogP contribution in [0.15, 0.2) is 24.3 Å². The molecule has 0 saturated heterocycles. The molecule has 0 bridgehead atoms. The summed E-state index contributed by atoms with van der Waals surface area (Å²) in [6.45, 7) is 0.780. The van der Waals surface area contributed by atoms with E-state index in [0.717, 1.165) is 6.92 Å². The predicted molar refractivity (Wildman–Crippen MR) is 63.8 cm³/mol. The predicted octanol–water partition coefficient (Wildman–Crippen LogP) is 0.600. The van der Waals surface area contributed by atoms with E-state index in [1.54, 1.807) is 0 Å². The minimum absolute atomic E-state index is 0.0126. The van der Waals surface area contributed by atoms with Crippen LogP contribution in [0.2, 0.25) is 0 Å². The van der Waals surface area contributed by atoms with E-state index in [0.29, 0.717) is 5.75 Å². The van der Waals surface area contributed by atoms with E-state index in [1.165, 1.54) is 31.4 Å². The van der Waals surface area contributed by atoms with Gasteiger partial charge in [-0.05, 0) is 31.2 Å². The van der Waals surface area contributed by atoms with Crippen LogP contribution in [0.4, 0.5) is 8.78 Å². The lowest BCUT2D eigenvalue weighted by Gasteiger charge is -2.24. The van der Waals surface area contributed by atoms with Gasteiger partial charge in [0.1, 0.15) is 11.7 Å². The van der Waals surface area contributed by atoms with E-state index in [9.17, 15) is 23.5 Å². The molecule has 0 spiro atoms. The number of aliphatic carboxylic acids is 1. The summed E-state index contributed by atoms with van der Waals surface area (Å²) in [5.41, 5.74) is -0.0271. The van der Waals surface area contributed by atoms with Crippen molar-refractivity contribution in [2.24, 2.45) is 0 Å². The number of hydrogen-bond acceptors (Lipinski definition) is 6. The minimum atomic E-state index is -4.27. The highest BCUT2D eigenvalue weighted by Gasteiger charge is 2.41. The van der Waals surface area contributed by atoms with Gasteiger partial charge >= 0.3 is 11.9 Å². The fourth-order valence-electron chi connectivity index (χ4n) is 1.28. The summed E-state index contributed by atoms with van der Waals surface area (Å²) in [5, 5.41) is 10.2. The van der Waals surface area contributed by atoms with Gasteiger partial charge in [0.05, 0.1) is 5.56 Å². The molecule has 0 amide bonds. The number of carbonyl (C=O) groups excluding carboxylic acids is 2.